The van der Waals surface area contributed by atoms with E-state index in [9.17, 15) is 9.59 Å². The molecule has 18 heavy (non-hydrogen) atoms. The summed E-state index contributed by atoms with van der Waals surface area (Å²) in [5, 5.41) is 0.821. The molecule has 4 N–H and O–H groups in total. The van der Waals surface area contributed by atoms with Gasteiger partial charge in [0.25, 0.3) is 5.91 Å². The van der Waals surface area contributed by atoms with E-state index in [4.69, 9.17) is 16.2 Å². The molecule has 0 aliphatic carbocycles. The Hall–Kier alpha value is -2.63. The van der Waals surface area contributed by atoms with Gasteiger partial charge in [-0.2, -0.15) is 0 Å². The maximum Gasteiger partial charge on any atom is 0.340 e. The molecule has 6 nitrogen and oxygen atoms in total. The van der Waals surface area contributed by atoms with E-state index >= 15 is 0 Å². The number of pyridine rings is 1. The van der Waals surface area contributed by atoms with Crippen LogP contribution >= 0.6 is 0 Å². The fourth-order valence-corrected chi connectivity index (χ4v) is 1.56. The standard InChI is InChI=1S/C12H11N3O3/c13-9(16)6-18-12(17)8-4-3-7-2-1-5-15-11(7)10(8)14/h1-5H,6,14H2,(H2,13,16). The van der Waals surface area contributed by atoms with Gasteiger partial charge in [0.05, 0.1) is 16.8 Å². The second kappa shape index (κ2) is 4.70. The number of benzene rings is 1. The van der Waals surface area contributed by atoms with E-state index in [-0.39, 0.29) is 11.3 Å². The van der Waals surface area contributed by atoms with Crippen molar-refractivity contribution in [1.82, 2.24) is 4.98 Å². The Morgan fingerprint density at radius 1 is 1.28 bits per heavy atom. The summed E-state index contributed by atoms with van der Waals surface area (Å²) >= 11 is 0. The summed E-state index contributed by atoms with van der Waals surface area (Å²) in [6, 6.07) is 6.84. The molecule has 0 unspecified atom stereocenters. The van der Waals surface area contributed by atoms with E-state index in [0.717, 1.165) is 5.39 Å². The normalized spacial score (nSPS) is 10.2. The molecular weight excluding hydrogens is 234 g/mol. The Morgan fingerprint density at radius 2 is 2.06 bits per heavy atom. The molecule has 1 aromatic heterocycles. The first-order valence-corrected chi connectivity index (χ1v) is 5.18. The highest BCUT2D eigenvalue weighted by molar-refractivity contribution is 6.04. The summed E-state index contributed by atoms with van der Waals surface area (Å²) in [6.07, 6.45) is 1.58. The summed E-state index contributed by atoms with van der Waals surface area (Å²) in [5.74, 6) is -1.42. The van der Waals surface area contributed by atoms with E-state index in [1.807, 2.05) is 6.07 Å². The highest BCUT2D eigenvalue weighted by Crippen LogP contribution is 2.23. The molecule has 0 fully saturated rings. The van der Waals surface area contributed by atoms with Crippen molar-refractivity contribution in [3.8, 4) is 0 Å². The predicted octanol–water partition coefficient (Wildman–Crippen LogP) is 0.459. The van der Waals surface area contributed by atoms with Crippen molar-refractivity contribution >= 4 is 28.5 Å². The molecule has 0 radical (unpaired) electrons. The van der Waals surface area contributed by atoms with E-state index < -0.39 is 18.5 Å². The van der Waals surface area contributed by atoms with Gasteiger partial charge in [-0.05, 0) is 12.1 Å². The van der Waals surface area contributed by atoms with Crippen molar-refractivity contribution in [3.63, 3.8) is 0 Å². The summed E-state index contributed by atoms with van der Waals surface area (Å²) in [7, 11) is 0. The molecule has 0 atom stereocenters. The number of nitrogen functional groups attached to an aromatic ring is 1. The van der Waals surface area contributed by atoms with Gasteiger partial charge in [0.2, 0.25) is 0 Å². The smallest absolute Gasteiger partial charge is 0.340 e. The van der Waals surface area contributed by atoms with Crippen LogP contribution < -0.4 is 11.5 Å². The molecule has 1 aromatic carbocycles. The van der Waals surface area contributed by atoms with Crippen LogP contribution in [0.4, 0.5) is 5.69 Å². The molecule has 2 aromatic rings. The first-order chi connectivity index (χ1) is 8.59. The van der Waals surface area contributed by atoms with E-state index in [2.05, 4.69) is 4.98 Å². The average Bonchev–Trinajstić information content (AvgIpc) is 2.37. The monoisotopic (exact) mass is 245 g/mol. The molecule has 0 saturated carbocycles. The molecule has 1 amide bonds. The number of rotatable bonds is 3. The van der Waals surface area contributed by atoms with Crippen molar-refractivity contribution in [2.45, 2.75) is 0 Å². The minimum Gasteiger partial charge on any atom is -0.452 e. The molecule has 1 heterocycles. The topological polar surface area (TPSA) is 108 Å². The number of fused-ring (bicyclic) bond motifs is 1. The number of nitrogens with two attached hydrogens (primary N) is 2. The minimum atomic E-state index is -0.721. The lowest BCUT2D eigenvalue weighted by Gasteiger charge is -2.07. The zero-order valence-corrected chi connectivity index (χ0v) is 9.42. The summed E-state index contributed by atoms with van der Waals surface area (Å²) in [6.45, 7) is -0.474. The molecular formula is C12H11N3O3. The number of esters is 1. The van der Waals surface area contributed by atoms with Gasteiger partial charge < -0.3 is 16.2 Å². The van der Waals surface area contributed by atoms with Gasteiger partial charge in [0.1, 0.15) is 0 Å². The van der Waals surface area contributed by atoms with Crippen molar-refractivity contribution < 1.29 is 14.3 Å². The van der Waals surface area contributed by atoms with Crippen LogP contribution in [0.15, 0.2) is 30.5 Å². The lowest BCUT2D eigenvalue weighted by Crippen LogP contribution is -2.21. The lowest BCUT2D eigenvalue weighted by molar-refractivity contribution is -0.121. The van der Waals surface area contributed by atoms with Crippen molar-refractivity contribution in [1.29, 1.82) is 0 Å². The number of nitrogens with zero attached hydrogens (tertiary/aromatic N) is 1. The number of hydrogen-bond donors (Lipinski definition) is 2. The first kappa shape index (κ1) is 11.8. The van der Waals surface area contributed by atoms with Gasteiger partial charge in [0, 0.05) is 11.6 Å². The Kier molecular flexibility index (Phi) is 3.09. The van der Waals surface area contributed by atoms with Crippen LogP contribution in [0.5, 0.6) is 0 Å². The number of aromatic nitrogens is 1. The minimum absolute atomic E-state index is 0.169. The van der Waals surface area contributed by atoms with Gasteiger partial charge in [0.15, 0.2) is 6.61 Å². The maximum atomic E-state index is 11.7. The number of carbonyl (C=O) groups excluding carboxylic acids is 2. The van der Waals surface area contributed by atoms with Crippen LogP contribution in [0, 0.1) is 0 Å². The van der Waals surface area contributed by atoms with Crippen molar-refractivity contribution in [2.24, 2.45) is 5.73 Å². The molecule has 0 aliphatic heterocycles. The van der Waals surface area contributed by atoms with Gasteiger partial charge in [-0.3, -0.25) is 9.78 Å². The number of anilines is 1. The molecule has 0 aliphatic rings. The number of primary amides is 1. The Morgan fingerprint density at radius 3 is 2.78 bits per heavy atom. The third kappa shape index (κ3) is 2.22. The van der Waals surface area contributed by atoms with E-state index in [1.54, 1.807) is 18.3 Å². The largest absolute Gasteiger partial charge is 0.452 e. The molecule has 0 saturated heterocycles. The second-order valence-electron chi connectivity index (χ2n) is 3.64. The highest BCUT2D eigenvalue weighted by Gasteiger charge is 2.14. The third-order valence-corrected chi connectivity index (χ3v) is 2.38. The highest BCUT2D eigenvalue weighted by atomic mass is 16.5. The fourth-order valence-electron chi connectivity index (χ4n) is 1.56. The summed E-state index contributed by atoms with van der Waals surface area (Å²) in [5.41, 5.74) is 11.6. The number of carbonyl (C=O) groups is 2. The molecule has 0 bridgehead atoms. The SMILES string of the molecule is NC(=O)COC(=O)c1ccc2cccnc2c1N. The van der Waals surface area contributed by atoms with Crippen LogP contribution in [-0.4, -0.2) is 23.5 Å². The molecule has 0 spiro atoms. The van der Waals surface area contributed by atoms with Crippen LogP contribution in [0.3, 0.4) is 0 Å². The Labute approximate surface area is 103 Å². The molecule has 6 heteroatoms. The quantitative estimate of drug-likeness (QED) is 0.603. The molecule has 92 valence electrons. The Balaban J connectivity index is 2.37. The van der Waals surface area contributed by atoms with Crippen LogP contribution in [-0.2, 0) is 9.53 Å². The van der Waals surface area contributed by atoms with Gasteiger partial charge in [-0.15, -0.1) is 0 Å². The van der Waals surface area contributed by atoms with Crippen LogP contribution in [0.25, 0.3) is 10.9 Å². The fraction of sp³-hybridized carbons (Fsp3) is 0.0833. The number of ether oxygens (including phenoxy) is 1. The van der Waals surface area contributed by atoms with Gasteiger partial charge >= 0.3 is 5.97 Å². The number of amides is 1. The predicted molar refractivity (Wildman–Crippen MR) is 65.6 cm³/mol. The zero-order valence-electron chi connectivity index (χ0n) is 9.42. The lowest BCUT2D eigenvalue weighted by atomic mass is 10.1. The van der Waals surface area contributed by atoms with Crippen molar-refractivity contribution in [3.05, 3.63) is 36.0 Å². The van der Waals surface area contributed by atoms with Gasteiger partial charge in [-0.1, -0.05) is 12.1 Å². The number of hydrogen-bond acceptors (Lipinski definition) is 5. The van der Waals surface area contributed by atoms with E-state index in [1.165, 1.54) is 6.07 Å². The van der Waals surface area contributed by atoms with Crippen molar-refractivity contribution in [2.75, 3.05) is 12.3 Å². The third-order valence-electron chi connectivity index (χ3n) is 2.38. The summed E-state index contributed by atoms with van der Waals surface area (Å²) < 4.78 is 4.70. The average molecular weight is 245 g/mol. The summed E-state index contributed by atoms with van der Waals surface area (Å²) in [4.78, 5) is 26.3. The first-order valence-electron chi connectivity index (χ1n) is 5.18. The maximum absolute atomic E-state index is 11.7. The van der Waals surface area contributed by atoms with Crippen LogP contribution in [0.2, 0.25) is 0 Å². The Bertz CT molecular complexity index is 625. The zero-order chi connectivity index (χ0) is 13.1. The van der Waals surface area contributed by atoms with E-state index in [0.29, 0.717) is 5.52 Å². The van der Waals surface area contributed by atoms with Gasteiger partial charge in [-0.25, -0.2) is 4.79 Å². The molecule has 2 rings (SSSR count). The second-order valence-corrected chi connectivity index (χ2v) is 3.64. The van der Waals surface area contributed by atoms with Crippen LogP contribution in [0.1, 0.15) is 10.4 Å².